The van der Waals surface area contributed by atoms with Crippen LogP contribution >= 0.6 is 12.4 Å². The molecule has 2 amide bonds. The number of nitrogens with zero attached hydrogens (tertiary/aromatic N) is 4. The summed E-state index contributed by atoms with van der Waals surface area (Å²) in [7, 11) is 0. The molecule has 0 radical (unpaired) electrons. The minimum absolute atomic E-state index is 0. The number of amides is 2. The molecule has 2 saturated heterocycles. The summed E-state index contributed by atoms with van der Waals surface area (Å²) in [6.45, 7) is 5.13. The van der Waals surface area contributed by atoms with E-state index in [-0.39, 0.29) is 30.3 Å². The second kappa shape index (κ2) is 8.75. The third-order valence-corrected chi connectivity index (χ3v) is 5.40. The number of piperazine rings is 1. The summed E-state index contributed by atoms with van der Waals surface area (Å²) in [5.74, 6) is 0.135. The van der Waals surface area contributed by atoms with E-state index in [1.54, 1.807) is 4.68 Å². The van der Waals surface area contributed by atoms with Gasteiger partial charge in [0, 0.05) is 38.4 Å². The molecule has 150 valence electrons. The van der Waals surface area contributed by atoms with Crippen LogP contribution in [0.4, 0.5) is 0 Å². The van der Waals surface area contributed by atoms with E-state index in [9.17, 15) is 9.59 Å². The normalized spacial score (nSPS) is 20.0. The molecule has 2 fully saturated rings. The molecule has 1 N–H and O–H groups in total. The van der Waals surface area contributed by atoms with E-state index < -0.39 is 0 Å². The fourth-order valence-corrected chi connectivity index (χ4v) is 3.95. The minimum atomic E-state index is 0. The number of carbonyl (C=O) groups excluding carboxylic acids is 2. The summed E-state index contributed by atoms with van der Waals surface area (Å²) >= 11 is 0. The van der Waals surface area contributed by atoms with Gasteiger partial charge in [-0.1, -0.05) is 18.2 Å². The summed E-state index contributed by atoms with van der Waals surface area (Å²) in [5.41, 5.74) is 2.29. The molecular formula is C20H26ClN5O2. The van der Waals surface area contributed by atoms with Crippen molar-refractivity contribution < 1.29 is 9.59 Å². The number of aromatic nitrogens is 2. The van der Waals surface area contributed by atoms with Crippen LogP contribution in [0.25, 0.3) is 5.69 Å². The van der Waals surface area contributed by atoms with Gasteiger partial charge in [-0.25, -0.2) is 4.68 Å². The average Bonchev–Trinajstić information content (AvgIpc) is 3.10. The number of piperidine rings is 1. The number of likely N-dealkylation sites (tertiary alicyclic amines) is 1. The maximum Gasteiger partial charge on any atom is 0.257 e. The SMILES string of the molecule is Cc1nn(-c2ccccc2)cc1C(=O)N1CCCC(N2CCNCC2=O)C1.Cl. The predicted molar refractivity (Wildman–Crippen MR) is 109 cm³/mol. The Balaban J connectivity index is 0.00000225. The first-order valence-corrected chi connectivity index (χ1v) is 9.54. The van der Waals surface area contributed by atoms with Gasteiger partial charge in [0.1, 0.15) is 0 Å². The predicted octanol–water partition coefficient (Wildman–Crippen LogP) is 1.64. The summed E-state index contributed by atoms with van der Waals surface area (Å²) in [5, 5.41) is 7.62. The van der Waals surface area contributed by atoms with Crippen molar-refractivity contribution in [2.45, 2.75) is 25.8 Å². The lowest BCUT2D eigenvalue weighted by atomic mass is 10.0. The number of halogens is 1. The molecule has 28 heavy (non-hydrogen) atoms. The van der Waals surface area contributed by atoms with Crippen LogP contribution in [-0.4, -0.2) is 70.2 Å². The number of aryl methyl sites for hydroxylation is 1. The summed E-state index contributed by atoms with van der Waals surface area (Å²) < 4.78 is 1.75. The number of benzene rings is 1. The Hall–Kier alpha value is -2.38. The number of rotatable bonds is 3. The van der Waals surface area contributed by atoms with Gasteiger partial charge in [0.15, 0.2) is 0 Å². The van der Waals surface area contributed by atoms with Crippen LogP contribution in [0.3, 0.4) is 0 Å². The van der Waals surface area contributed by atoms with Crippen molar-refractivity contribution in [3.8, 4) is 5.69 Å². The quantitative estimate of drug-likeness (QED) is 0.845. The monoisotopic (exact) mass is 403 g/mol. The largest absolute Gasteiger partial charge is 0.336 e. The van der Waals surface area contributed by atoms with Crippen molar-refractivity contribution in [1.82, 2.24) is 24.9 Å². The average molecular weight is 404 g/mol. The van der Waals surface area contributed by atoms with Gasteiger partial charge < -0.3 is 15.1 Å². The first-order valence-electron chi connectivity index (χ1n) is 9.54. The molecule has 2 aromatic rings. The Labute approximate surface area is 171 Å². The highest BCUT2D eigenvalue weighted by atomic mass is 35.5. The summed E-state index contributed by atoms with van der Waals surface area (Å²) in [4.78, 5) is 29.2. The lowest BCUT2D eigenvalue weighted by Gasteiger charge is -2.41. The van der Waals surface area contributed by atoms with Gasteiger partial charge in [-0.05, 0) is 31.9 Å². The molecular weight excluding hydrogens is 378 g/mol. The van der Waals surface area contributed by atoms with Crippen LogP contribution in [0.15, 0.2) is 36.5 Å². The molecule has 0 spiro atoms. The molecule has 3 heterocycles. The zero-order valence-electron chi connectivity index (χ0n) is 16.0. The molecule has 0 aliphatic carbocycles. The first-order chi connectivity index (χ1) is 13.1. The van der Waals surface area contributed by atoms with E-state index in [1.165, 1.54) is 0 Å². The maximum atomic E-state index is 13.1. The third kappa shape index (κ3) is 4.05. The van der Waals surface area contributed by atoms with Gasteiger partial charge in [0.2, 0.25) is 5.91 Å². The van der Waals surface area contributed by atoms with Gasteiger partial charge in [-0.2, -0.15) is 5.10 Å². The zero-order chi connectivity index (χ0) is 18.8. The number of carbonyl (C=O) groups is 2. The van der Waals surface area contributed by atoms with Crippen LogP contribution < -0.4 is 5.32 Å². The standard InChI is InChI=1S/C20H25N5O2.ClH/c1-15-18(14-25(22-15)16-6-3-2-4-7-16)20(27)23-10-5-8-17(13-23)24-11-9-21-12-19(24)26;/h2-4,6-7,14,17,21H,5,8-13H2,1H3;1H. The highest BCUT2D eigenvalue weighted by molar-refractivity contribution is 5.95. The fraction of sp³-hybridized carbons (Fsp3) is 0.450. The Morgan fingerprint density at radius 3 is 2.75 bits per heavy atom. The molecule has 2 aliphatic heterocycles. The molecule has 1 aromatic carbocycles. The molecule has 0 saturated carbocycles. The number of para-hydroxylation sites is 1. The summed E-state index contributed by atoms with van der Waals surface area (Å²) in [6, 6.07) is 9.90. The Kier molecular flexibility index (Phi) is 6.36. The maximum absolute atomic E-state index is 13.1. The van der Waals surface area contributed by atoms with Crippen molar-refractivity contribution in [3.05, 3.63) is 47.8 Å². The smallest absolute Gasteiger partial charge is 0.257 e. The zero-order valence-corrected chi connectivity index (χ0v) is 16.8. The molecule has 1 atom stereocenters. The Bertz CT molecular complexity index is 838. The van der Waals surface area contributed by atoms with Gasteiger partial charge in [-0.3, -0.25) is 9.59 Å². The van der Waals surface area contributed by atoms with Gasteiger partial charge in [-0.15, -0.1) is 12.4 Å². The van der Waals surface area contributed by atoms with Crippen LogP contribution in [0.5, 0.6) is 0 Å². The molecule has 2 aliphatic rings. The molecule has 1 aromatic heterocycles. The van der Waals surface area contributed by atoms with Crippen molar-refractivity contribution in [1.29, 1.82) is 0 Å². The van der Waals surface area contributed by atoms with Crippen LogP contribution in [0.2, 0.25) is 0 Å². The summed E-state index contributed by atoms with van der Waals surface area (Å²) in [6.07, 6.45) is 3.68. The minimum Gasteiger partial charge on any atom is -0.336 e. The first kappa shape index (κ1) is 20.4. The van der Waals surface area contributed by atoms with Crippen molar-refractivity contribution >= 4 is 24.2 Å². The van der Waals surface area contributed by atoms with E-state index in [2.05, 4.69) is 10.4 Å². The van der Waals surface area contributed by atoms with E-state index in [0.29, 0.717) is 18.7 Å². The van der Waals surface area contributed by atoms with Crippen molar-refractivity contribution in [2.75, 3.05) is 32.7 Å². The number of nitrogens with one attached hydrogen (secondary N) is 1. The van der Waals surface area contributed by atoms with Crippen LogP contribution in [-0.2, 0) is 4.79 Å². The van der Waals surface area contributed by atoms with Gasteiger partial charge >= 0.3 is 0 Å². The number of hydrogen-bond acceptors (Lipinski definition) is 4. The van der Waals surface area contributed by atoms with E-state index >= 15 is 0 Å². The topological polar surface area (TPSA) is 70.5 Å². The molecule has 0 bridgehead atoms. The molecule has 8 heteroatoms. The van der Waals surface area contributed by atoms with Crippen LogP contribution in [0.1, 0.15) is 28.9 Å². The highest BCUT2D eigenvalue weighted by Crippen LogP contribution is 2.21. The molecule has 7 nitrogen and oxygen atoms in total. The van der Waals surface area contributed by atoms with Crippen molar-refractivity contribution in [3.63, 3.8) is 0 Å². The van der Waals surface area contributed by atoms with E-state index in [0.717, 1.165) is 43.9 Å². The Morgan fingerprint density at radius 2 is 2.00 bits per heavy atom. The lowest BCUT2D eigenvalue weighted by Crippen LogP contribution is -2.57. The van der Waals surface area contributed by atoms with Crippen molar-refractivity contribution in [2.24, 2.45) is 0 Å². The molecule has 4 rings (SSSR count). The lowest BCUT2D eigenvalue weighted by molar-refractivity contribution is -0.135. The van der Waals surface area contributed by atoms with Gasteiger partial charge in [0.05, 0.1) is 23.5 Å². The fourth-order valence-electron chi connectivity index (χ4n) is 3.95. The van der Waals surface area contributed by atoms with E-state index in [1.807, 2.05) is 53.3 Å². The molecule has 1 unspecified atom stereocenters. The van der Waals surface area contributed by atoms with Gasteiger partial charge in [0.25, 0.3) is 5.91 Å². The second-order valence-electron chi connectivity index (χ2n) is 7.22. The Morgan fingerprint density at radius 1 is 1.21 bits per heavy atom. The van der Waals surface area contributed by atoms with E-state index in [4.69, 9.17) is 0 Å². The number of hydrogen-bond donors (Lipinski definition) is 1. The second-order valence-corrected chi connectivity index (χ2v) is 7.22. The van der Waals surface area contributed by atoms with Crippen LogP contribution in [0, 0.1) is 6.92 Å². The highest BCUT2D eigenvalue weighted by Gasteiger charge is 2.32. The third-order valence-electron chi connectivity index (χ3n) is 5.40.